The predicted molar refractivity (Wildman–Crippen MR) is 109 cm³/mol. The standard InChI is InChI=1S/C22H24N4O2/c1-16-10-4-5-11-17(16)23-21(27)20-24-19(18-12-6-9-15-26(18)20)22(28)25-13-7-2-3-8-14-25/h4-6,9-12,15H,2-3,7-8,13-14H2,1H3,(H,23,27). The van der Waals surface area contributed by atoms with Crippen molar-refractivity contribution >= 4 is 23.0 Å². The molecule has 1 fully saturated rings. The summed E-state index contributed by atoms with van der Waals surface area (Å²) in [6.45, 7) is 3.43. The number of likely N-dealkylation sites (tertiary alicyclic amines) is 1. The number of pyridine rings is 1. The van der Waals surface area contributed by atoms with Gasteiger partial charge >= 0.3 is 0 Å². The summed E-state index contributed by atoms with van der Waals surface area (Å²) in [6.07, 6.45) is 6.10. The molecule has 0 aliphatic carbocycles. The maximum absolute atomic E-state index is 13.1. The summed E-state index contributed by atoms with van der Waals surface area (Å²) >= 11 is 0. The molecule has 2 aromatic heterocycles. The van der Waals surface area contributed by atoms with Gasteiger partial charge in [-0.15, -0.1) is 0 Å². The van der Waals surface area contributed by atoms with Crippen LogP contribution in [0.3, 0.4) is 0 Å². The van der Waals surface area contributed by atoms with Crippen LogP contribution in [0.4, 0.5) is 5.69 Å². The first kappa shape index (κ1) is 18.2. The fraction of sp³-hybridized carbons (Fsp3) is 0.318. The van der Waals surface area contributed by atoms with E-state index in [1.54, 1.807) is 10.6 Å². The summed E-state index contributed by atoms with van der Waals surface area (Å²) in [4.78, 5) is 32.4. The molecular formula is C22H24N4O2. The molecular weight excluding hydrogens is 352 g/mol. The van der Waals surface area contributed by atoms with Gasteiger partial charge in [-0.25, -0.2) is 4.98 Å². The maximum atomic E-state index is 13.1. The van der Waals surface area contributed by atoms with E-state index in [4.69, 9.17) is 0 Å². The first-order chi connectivity index (χ1) is 13.6. The van der Waals surface area contributed by atoms with Crippen LogP contribution in [0.1, 0.15) is 52.4 Å². The molecule has 0 atom stereocenters. The van der Waals surface area contributed by atoms with Crippen LogP contribution in [-0.2, 0) is 0 Å². The van der Waals surface area contributed by atoms with Crippen molar-refractivity contribution in [3.8, 4) is 0 Å². The normalized spacial score (nSPS) is 14.7. The smallest absolute Gasteiger partial charge is 0.292 e. The van der Waals surface area contributed by atoms with Gasteiger partial charge in [-0.3, -0.25) is 14.0 Å². The third-order valence-corrected chi connectivity index (χ3v) is 5.24. The van der Waals surface area contributed by atoms with Crippen molar-refractivity contribution in [1.82, 2.24) is 14.3 Å². The summed E-state index contributed by atoms with van der Waals surface area (Å²) < 4.78 is 1.69. The van der Waals surface area contributed by atoms with Crippen molar-refractivity contribution in [3.63, 3.8) is 0 Å². The summed E-state index contributed by atoms with van der Waals surface area (Å²) in [7, 11) is 0. The highest BCUT2D eigenvalue weighted by atomic mass is 16.2. The minimum Gasteiger partial charge on any atom is -0.337 e. The van der Waals surface area contributed by atoms with Crippen LogP contribution in [0, 0.1) is 6.92 Å². The first-order valence-electron chi connectivity index (χ1n) is 9.78. The van der Waals surface area contributed by atoms with Gasteiger partial charge in [0.25, 0.3) is 11.8 Å². The second-order valence-corrected chi connectivity index (χ2v) is 7.22. The van der Waals surface area contributed by atoms with E-state index in [9.17, 15) is 9.59 Å². The molecule has 1 aliphatic rings. The molecule has 0 bridgehead atoms. The molecule has 0 radical (unpaired) electrons. The molecule has 3 aromatic rings. The van der Waals surface area contributed by atoms with E-state index in [1.165, 1.54) is 0 Å². The lowest BCUT2D eigenvalue weighted by atomic mass is 10.2. The predicted octanol–water partition coefficient (Wildman–Crippen LogP) is 3.91. The number of carbonyl (C=O) groups excluding carboxylic acids is 2. The number of para-hydroxylation sites is 1. The molecule has 1 saturated heterocycles. The lowest BCUT2D eigenvalue weighted by Gasteiger charge is -2.19. The Balaban J connectivity index is 1.69. The summed E-state index contributed by atoms with van der Waals surface area (Å²) in [6, 6.07) is 13.1. The quantitative estimate of drug-likeness (QED) is 0.754. The highest BCUT2D eigenvalue weighted by Gasteiger charge is 2.25. The Bertz CT molecular complexity index is 1020. The summed E-state index contributed by atoms with van der Waals surface area (Å²) in [5.74, 6) is -0.206. The molecule has 144 valence electrons. The summed E-state index contributed by atoms with van der Waals surface area (Å²) in [5, 5.41) is 2.91. The molecule has 1 aromatic carbocycles. The van der Waals surface area contributed by atoms with Crippen molar-refractivity contribution in [1.29, 1.82) is 0 Å². The molecule has 3 heterocycles. The molecule has 1 aliphatic heterocycles. The van der Waals surface area contributed by atoms with Crippen LogP contribution in [0.15, 0.2) is 48.7 Å². The molecule has 1 N–H and O–H groups in total. The van der Waals surface area contributed by atoms with Gasteiger partial charge in [0.1, 0.15) is 0 Å². The van der Waals surface area contributed by atoms with E-state index in [2.05, 4.69) is 10.3 Å². The van der Waals surface area contributed by atoms with E-state index in [0.29, 0.717) is 11.2 Å². The van der Waals surface area contributed by atoms with Crippen molar-refractivity contribution in [3.05, 3.63) is 65.7 Å². The topological polar surface area (TPSA) is 66.7 Å². The number of hydrogen-bond donors (Lipinski definition) is 1. The SMILES string of the molecule is Cc1ccccc1NC(=O)c1nc(C(=O)N2CCCCCC2)c2ccccn12. The number of imidazole rings is 1. The van der Waals surface area contributed by atoms with Gasteiger partial charge in [0.15, 0.2) is 5.69 Å². The zero-order chi connectivity index (χ0) is 19.5. The van der Waals surface area contributed by atoms with Crippen LogP contribution >= 0.6 is 0 Å². The van der Waals surface area contributed by atoms with Crippen molar-refractivity contribution in [2.75, 3.05) is 18.4 Å². The van der Waals surface area contributed by atoms with E-state index in [1.807, 2.05) is 54.3 Å². The van der Waals surface area contributed by atoms with Gasteiger partial charge in [0, 0.05) is 25.0 Å². The highest BCUT2D eigenvalue weighted by Crippen LogP contribution is 2.20. The van der Waals surface area contributed by atoms with Crippen molar-refractivity contribution in [2.24, 2.45) is 0 Å². The molecule has 4 rings (SSSR count). The molecule has 0 spiro atoms. The fourth-order valence-corrected chi connectivity index (χ4v) is 3.67. The third kappa shape index (κ3) is 3.50. The minimum atomic E-state index is -0.328. The molecule has 28 heavy (non-hydrogen) atoms. The lowest BCUT2D eigenvalue weighted by Crippen LogP contribution is -2.32. The van der Waals surface area contributed by atoms with Gasteiger partial charge in [-0.1, -0.05) is 37.1 Å². The second kappa shape index (κ2) is 7.84. The Morgan fingerprint density at radius 1 is 0.964 bits per heavy atom. The number of benzene rings is 1. The Labute approximate surface area is 164 Å². The zero-order valence-electron chi connectivity index (χ0n) is 16.0. The van der Waals surface area contributed by atoms with E-state index in [-0.39, 0.29) is 17.6 Å². The van der Waals surface area contributed by atoms with Crippen LogP contribution in [0.25, 0.3) is 5.52 Å². The number of rotatable bonds is 3. The first-order valence-corrected chi connectivity index (χ1v) is 9.78. The average molecular weight is 376 g/mol. The van der Waals surface area contributed by atoms with Gasteiger partial charge in [-0.2, -0.15) is 0 Å². The van der Waals surface area contributed by atoms with Gasteiger partial charge in [0.2, 0.25) is 5.82 Å². The Kier molecular flexibility index (Phi) is 5.10. The van der Waals surface area contributed by atoms with E-state index >= 15 is 0 Å². The number of anilines is 1. The van der Waals surface area contributed by atoms with Crippen LogP contribution < -0.4 is 5.32 Å². The Hall–Kier alpha value is -3.15. The molecule has 0 unspecified atom stereocenters. The van der Waals surface area contributed by atoms with Crippen molar-refractivity contribution < 1.29 is 9.59 Å². The third-order valence-electron chi connectivity index (χ3n) is 5.24. The molecule has 6 nitrogen and oxygen atoms in total. The number of fused-ring (bicyclic) bond motifs is 1. The number of carbonyl (C=O) groups is 2. The maximum Gasteiger partial charge on any atom is 0.292 e. The number of nitrogens with one attached hydrogen (secondary N) is 1. The number of hydrogen-bond acceptors (Lipinski definition) is 3. The number of nitrogens with zero attached hydrogens (tertiary/aromatic N) is 3. The Morgan fingerprint density at radius 3 is 2.43 bits per heavy atom. The summed E-state index contributed by atoms with van der Waals surface area (Å²) in [5.41, 5.74) is 2.71. The van der Waals surface area contributed by atoms with Gasteiger partial charge in [0.05, 0.1) is 5.52 Å². The average Bonchev–Trinajstić information content (AvgIpc) is 2.89. The highest BCUT2D eigenvalue weighted by molar-refractivity contribution is 6.06. The minimum absolute atomic E-state index is 0.0967. The number of aromatic nitrogens is 2. The number of amides is 2. The van der Waals surface area contributed by atoms with Crippen LogP contribution in [0.2, 0.25) is 0 Å². The monoisotopic (exact) mass is 376 g/mol. The lowest BCUT2D eigenvalue weighted by molar-refractivity contribution is 0.0758. The van der Waals surface area contributed by atoms with E-state index < -0.39 is 0 Å². The van der Waals surface area contributed by atoms with Crippen LogP contribution in [-0.4, -0.2) is 39.2 Å². The van der Waals surface area contributed by atoms with Crippen LogP contribution in [0.5, 0.6) is 0 Å². The molecule has 6 heteroatoms. The fourth-order valence-electron chi connectivity index (χ4n) is 3.67. The molecule has 2 amide bonds. The van der Waals surface area contributed by atoms with Gasteiger partial charge < -0.3 is 10.2 Å². The number of aryl methyl sites for hydroxylation is 1. The van der Waals surface area contributed by atoms with Crippen molar-refractivity contribution in [2.45, 2.75) is 32.6 Å². The molecule has 0 saturated carbocycles. The Morgan fingerprint density at radius 2 is 1.68 bits per heavy atom. The van der Waals surface area contributed by atoms with E-state index in [0.717, 1.165) is 50.0 Å². The van der Waals surface area contributed by atoms with Gasteiger partial charge in [-0.05, 0) is 43.5 Å². The zero-order valence-corrected chi connectivity index (χ0v) is 16.0. The largest absolute Gasteiger partial charge is 0.337 e. The second-order valence-electron chi connectivity index (χ2n) is 7.22.